The average Bonchev–Trinajstić information content (AvgIpc) is 3.29. The van der Waals surface area contributed by atoms with Gasteiger partial charge in [-0.1, -0.05) is 18.2 Å². The number of hydrogen-bond donors (Lipinski definition) is 1. The number of ether oxygens (including phenoxy) is 2. The molecule has 0 atom stereocenters. The van der Waals surface area contributed by atoms with Crippen molar-refractivity contribution in [2.45, 2.75) is 6.54 Å². The second kappa shape index (κ2) is 7.18. The largest absolute Gasteiger partial charge is 0.493 e. The molecular weight excluding hydrogens is 328 g/mol. The lowest BCUT2D eigenvalue weighted by atomic mass is 10.1. The Labute approximate surface area is 143 Å². The summed E-state index contributed by atoms with van der Waals surface area (Å²) in [7, 11) is 3.14. The molecule has 24 heavy (non-hydrogen) atoms. The maximum Gasteiger partial charge on any atom is 0.274 e. The molecule has 7 heteroatoms. The molecule has 0 aliphatic rings. The van der Waals surface area contributed by atoms with Crippen molar-refractivity contribution in [3.8, 4) is 22.1 Å². The predicted molar refractivity (Wildman–Crippen MR) is 90.5 cm³/mol. The Morgan fingerprint density at radius 3 is 2.83 bits per heavy atom. The number of amides is 1. The smallest absolute Gasteiger partial charge is 0.274 e. The van der Waals surface area contributed by atoms with Gasteiger partial charge in [0.05, 0.1) is 19.1 Å². The molecule has 1 amide bonds. The van der Waals surface area contributed by atoms with Crippen LogP contribution >= 0.6 is 11.3 Å². The first-order valence-electron chi connectivity index (χ1n) is 7.20. The van der Waals surface area contributed by atoms with Gasteiger partial charge in [0.2, 0.25) is 0 Å². The first-order valence-corrected chi connectivity index (χ1v) is 8.08. The van der Waals surface area contributed by atoms with E-state index in [9.17, 15) is 4.79 Å². The molecule has 2 aromatic heterocycles. The van der Waals surface area contributed by atoms with E-state index in [1.165, 1.54) is 17.7 Å². The van der Waals surface area contributed by atoms with Gasteiger partial charge in [-0.2, -0.15) is 0 Å². The number of rotatable bonds is 6. The number of methoxy groups -OCH3 is 2. The number of carbonyl (C=O) groups is 1. The fourth-order valence-corrected chi connectivity index (χ4v) is 3.06. The third-order valence-electron chi connectivity index (χ3n) is 3.45. The second-order valence-corrected chi connectivity index (χ2v) is 5.79. The topological polar surface area (TPSA) is 73.6 Å². The SMILES string of the molecule is COc1cccc(CNC(=O)c2ncoc2-c2cccs2)c1OC. The minimum atomic E-state index is -0.308. The van der Waals surface area contributed by atoms with Crippen LogP contribution < -0.4 is 14.8 Å². The van der Waals surface area contributed by atoms with Crippen LogP contribution in [0.1, 0.15) is 16.1 Å². The van der Waals surface area contributed by atoms with Crippen LogP contribution in [-0.4, -0.2) is 25.1 Å². The lowest BCUT2D eigenvalue weighted by molar-refractivity contribution is 0.0946. The van der Waals surface area contributed by atoms with Gasteiger partial charge in [0.15, 0.2) is 29.3 Å². The van der Waals surface area contributed by atoms with E-state index in [1.807, 2.05) is 29.6 Å². The maximum absolute atomic E-state index is 12.4. The normalized spacial score (nSPS) is 10.4. The van der Waals surface area contributed by atoms with Gasteiger partial charge in [-0.05, 0) is 17.5 Å². The van der Waals surface area contributed by atoms with E-state index < -0.39 is 0 Å². The van der Waals surface area contributed by atoms with E-state index in [-0.39, 0.29) is 18.1 Å². The summed E-state index contributed by atoms with van der Waals surface area (Å²) in [4.78, 5) is 17.3. The highest BCUT2D eigenvalue weighted by molar-refractivity contribution is 7.13. The highest BCUT2D eigenvalue weighted by atomic mass is 32.1. The van der Waals surface area contributed by atoms with Crippen LogP contribution in [0.15, 0.2) is 46.5 Å². The van der Waals surface area contributed by atoms with Gasteiger partial charge in [0.1, 0.15) is 0 Å². The van der Waals surface area contributed by atoms with Crippen LogP contribution in [0, 0.1) is 0 Å². The number of hydrogen-bond acceptors (Lipinski definition) is 6. The summed E-state index contributed by atoms with van der Waals surface area (Å²) >= 11 is 1.49. The van der Waals surface area contributed by atoms with E-state index in [0.29, 0.717) is 17.3 Å². The van der Waals surface area contributed by atoms with Gasteiger partial charge in [0, 0.05) is 12.1 Å². The Hall–Kier alpha value is -2.80. The number of carbonyl (C=O) groups excluding carboxylic acids is 1. The van der Waals surface area contributed by atoms with Crippen molar-refractivity contribution in [2.24, 2.45) is 0 Å². The highest BCUT2D eigenvalue weighted by Gasteiger charge is 2.19. The van der Waals surface area contributed by atoms with Crippen LogP contribution in [-0.2, 0) is 6.54 Å². The number of benzene rings is 1. The minimum absolute atomic E-state index is 0.263. The molecule has 0 aliphatic carbocycles. The van der Waals surface area contributed by atoms with Gasteiger partial charge in [-0.15, -0.1) is 11.3 Å². The quantitative estimate of drug-likeness (QED) is 0.742. The Morgan fingerprint density at radius 1 is 1.25 bits per heavy atom. The number of aromatic nitrogens is 1. The van der Waals surface area contributed by atoms with E-state index in [2.05, 4.69) is 10.3 Å². The van der Waals surface area contributed by atoms with Crippen LogP contribution in [0.3, 0.4) is 0 Å². The zero-order valence-electron chi connectivity index (χ0n) is 13.2. The molecule has 0 saturated heterocycles. The van der Waals surface area contributed by atoms with Gasteiger partial charge in [-0.3, -0.25) is 4.79 Å². The summed E-state index contributed by atoms with van der Waals surface area (Å²) in [5.74, 6) is 1.38. The number of nitrogens with one attached hydrogen (secondary N) is 1. The molecule has 124 valence electrons. The zero-order chi connectivity index (χ0) is 16.9. The first kappa shape index (κ1) is 16.1. The molecule has 3 rings (SSSR count). The zero-order valence-corrected chi connectivity index (χ0v) is 14.1. The average molecular weight is 344 g/mol. The third kappa shape index (κ3) is 3.11. The summed E-state index contributed by atoms with van der Waals surface area (Å²) in [6, 6.07) is 9.29. The summed E-state index contributed by atoms with van der Waals surface area (Å²) in [5, 5.41) is 4.75. The number of nitrogens with zero attached hydrogens (tertiary/aromatic N) is 1. The standard InChI is InChI=1S/C17H16N2O4S/c1-21-12-6-3-5-11(15(12)22-2)9-18-17(20)14-16(23-10-19-14)13-7-4-8-24-13/h3-8,10H,9H2,1-2H3,(H,18,20). The lowest BCUT2D eigenvalue weighted by Gasteiger charge is -2.12. The van der Waals surface area contributed by atoms with Crippen LogP contribution in [0.2, 0.25) is 0 Å². The highest BCUT2D eigenvalue weighted by Crippen LogP contribution is 2.31. The molecule has 0 radical (unpaired) electrons. The monoisotopic (exact) mass is 344 g/mol. The van der Waals surface area contributed by atoms with Gasteiger partial charge in [0.25, 0.3) is 5.91 Å². The molecule has 0 aliphatic heterocycles. The summed E-state index contributed by atoms with van der Waals surface area (Å²) in [6.07, 6.45) is 1.27. The molecule has 1 N–H and O–H groups in total. The van der Waals surface area contributed by atoms with E-state index >= 15 is 0 Å². The summed E-state index contributed by atoms with van der Waals surface area (Å²) < 4.78 is 16.0. The number of oxazole rings is 1. The first-order chi connectivity index (χ1) is 11.7. The van der Waals surface area contributed by atoms with Crippen LogP contribution in [0.25, 0.3) is 10.6 Å². The molecule has 0 bridgehead atoms. The Balaban J connectivity index is 1.77. The molecule has 6 nitrogen and oxygen atoms in total. The van der Waals surface area contributed by atoms with Gasteiger partial charge in [-0.25, -0.2) is 4.98 Å². The summed E-state index contributed by atoms with van der Waals surface area (Å²) in [5.41, 5.74) is 1.07. The van der Waals surface area contributed by atoms with Crippen molar-refractivity contribution in [3.63, 3.8) is 0 Å². The molecule has 3 aromatic rings. The Kier molecular flexibility index (Phi) is 4.81. The molecule has 2 heterocycles. The Bertz CT molecular complexity index is 827. The van der Waals surface area contributed by atoms with E-state index in [1.54, 1.807) is 20.3 Å². The van der Waals surface area contributed by atoms with Crippen LogP contribution in [0.5, 0.6) is 11.5 Å². The van der Waals surface area contributed by atoms with Crippen molar-refractivity contribution in [3.05, 3.63) is 53.4 Å². The fourth-order valence-electron chi connectivity index (χ4n) is 2.34. The molecule has 0 saturated carbocycles. The van der Waals surface area contributed by atoms with Gasteiger partial charge < -0.3 is 19.2 Å². The van der Waals surface area contributed by atoms with Gasteiger partial charge >= 0.3 is 0 Å². The molecular formula is C17H16N2O4S. The number of para-hydroxylation sites is 1. The minimum Gasteiger partial charge on any atom is -0.493 e. The van der Waals surface area contributed by atoms with Crippen molar-refractivity contribution in [1.29, 1.82) is 0 Å². The van der Waals surface area contributed by atoms with Crippen molar-refractivity contribution < 1.29 is 18.7 Å². The van der Waals surface area contributed by atoms with Crippen molar-refractivity contribution in [1.82, 2.24) is 10.3 Å². The van der Waals surface area contributed by atoms with E-state index in [4.69, 9.17) is 13.9 Å². The Morgan fingerprint density at radius 2 is 2.12 bits per heavy atom. The molecule has 1 aromatic carbocycles. The maximum atomic E-state index is 12.4. The van der Waals surface area contributed by atoms with Crippen molar-refractivity contribution in [2.75, 3.05) is 14.2 Å². The van der Waals surface area contributed by atoms with Crippen LogP contribution in [0.4, 0.5) is 0 Å². The third-order valence-corrected chi connectivity index (χ3v) is 4.32. The summed E-state index contributed by atoms with van der Waals surface area (Å²) in [6.45, 7) is 0.288. The molecule has 0 spiro atoms. The fraction of sp³-hybridized carbons (Fsp3) is 0.176. The molecule has 0 unspecified atom stereocenters. The predicted octanol–water partition coefficient (Wildman–Crippen LogP) is 3.35. The number of thiophene rings is 1. The molecule has 0 fully saturated rings. The van der Waals surface area contributed by atoms with E-state index in [0.717, 1.165) is 10.4 Å². The lowest BCUT2D eigenvalue weighted by Crippen LogP contribution is -2.24. The second-order valence-electron chi connectivity index (χ2n) is 4.84. The van der Waals surface area contributed by atoms with Crippen molar-refractivity contribution >= 4 is 17.2 Å².